The Hall–Kier alpha value is -1.03. The van der Waals surface area contributed by atoms with Gasteiger partial charge in [0.15, 0.2) is 11.6 Å². The highest BCUT2D eigenvalue weighted by Gasteiger charge is 2.28. The van der Waals surface area contributed by atoms with Crippen molar-refractivity contribution in [1.82, 2.24) is 10.5 Å². The zero-order chi connectivity index (χ0) is 9.42. The lowest BCUT2D eigenvalue weighted by atomic mass is 9.94. The summed E-state index contributed by atoms with van der Waals surface area (Å²) in [7, 11) is 0. The second kappa shape index (κ2) is 3.03. The van der Waals surface area contributed by atoms with Crippen LogP contribution in [-0.2, 0) is 6.42 Å². The molecule has 4 heteroatoms. The molecule has 72 valence electrons. The summed E-state index contributed by atoms with van der Waals surface area (Å²) in [6, 6.07) is 0.272. The first kappa shape index (κ1) is 8.56. The molecule has 1 aromatic rings. The molecule has 2 heterocycles. The van der Waals surface area contributed by atoms with Crippen LogP contribution >= 0.6 is 0 Å². The number of nitrogen functional groups attached to an aromatic ring is 1. The first-order valence-electron chi connectivity index (χ1n) is 4.67. The lowest BCUT2D eigenvalue weighted by molar-refractivity contribution is 0.286. The molecule has 2 rings (SSSR count). The van der Waals surface area contributed by atoms with E-state index in [1.54, 1.807) is 0 Å². The van der Waals surface area contributed by atoms with Gasteiger partial charge in [-0.05, 0) is 12.3 Å². The van der Waals surface area contributed by atoms with Gasteiger partial charge in [-0.1, -0.05) is 19.0 Å². The average molecular weight is 181 g/mol. The lowest BCUT2D eigenvalue weighted by Gasteiger charge is -2.24. The van der Waals surface area contributed by atoms with Crippen molar-refractivity contribution in [2.45, 2.75) is 26.3 Å². The third-order valence-electron chi connectivity index (χ3n) is 2.54. The third kappa shape index (κ3) is 1.31. The normalized spacial score (nSPS) is 21.9. The molecule has 4 nitrogen and oxygen atoms in total. The fourth-order valence-corrected chi connectivity index (χ4v) is 1.81. The topological polar surface area (TPSA) is 64.1 Å². The fourth-order valence-electron chi connectivity index (χ4n) is 1.81. The monoisotopic (exact) mass is 181 g/mol. The predicted octanol–water partition coefficient (Wildman–Crippen LogP) is 1.10. The maximum atomic E-state index is 5.69. The molecule has 1 aromatic heterocycles. The molecular formula is C9H15N3O. The summed E-state index contributed by atoms with van der Waals surface area (Å²) >= 11 is 0. The van der Waals surface area contributed by atoms with Crippen LogP contribution in [0, 0.1) is 5.92 Å². The van der Waals surface area contributed by atoms with E-state index in [2.05, 4.69) is 24.3 Å². The van der Waals surface area contributed by atoms with Crippen molar-refractivity contribution in [1.29, 1.82) is 0 Å². The minimum Gasteiger partial charge on any atom is -0.381 e. The summed E-state index contributed by atoms with van der Waals surface area (Å²) in [4.78, 5) is 0. The summed E-state index contributed by atoms with van der Waals surface area (Å²) in [5.41, 5.74) is 6.79. The molecule has 0 aliphatic carbocycles. The van der Waals surface area contributed by atoms with E-state index in [1.165, 1.54) is 0 Å². The standard InChI is InChI=1S/C9H15N3O/c1-5(2)7-8-6(3-4-11-7)9(10)12-13-8/h5,7,11H,3-4H2,1-2H3,(H2,10,12). The second-order valence-electron chi connectivity index (χ2n) is 3.84. The molecule has 0 spiro atoms. The van der Waals surface area contributed by atoms with Gasteiger partial charge in [-0.25, -0.2) is 0 Å². The van der Waals surface area contributed by atoms with Gasteiger partial charge in [0.25, 0.3) is 0 Å². The van der Waals surface area contributed by atoms with Gasteiger partial charge in [0, 0.05) is 12.1 Å². The molecule has 0 bridgehead atoms. The van der Waals surface area contributed by atoms with Crippen LogP contribution in [0.15, 0.2) is 4.52 Å². The molecule has 0 amide bonds. The molecular weight excluding hydrogens is 166 g/mol. The van der Waals surface area contributed by atoms with E-state index in [9.17, 15) is 0 Å². The van der Waals surface area contributed by atoms with Gasteiger partial charge in [-0.2, -0.15) is 0 Å². The number of hydrogen-bond donors (Lipinski definition) is 2. The smallest absolute Gasteiger partial charge is 0.170 e. The van der Waals surface area contributed by atoms with E-state index in [0.717, 1.165) is 24.3 Å². The van der Waals surface area contributed by atoms with E-state index in [0.29, 0.717) is 11.7 Å². The van der Waals surface area contributed by atoms with Gasteiger partial charge in [0.2, 0.25) is 0 Å². The average Bonchev–Trinajstić information content (AvgIpc) is 2.48. The van der Waals surface area contributed by atoms with Crippen LogP contribution in [0.5, 0.6) is 0 Å². The van der Waals surface area contributed by atoms with Crippen molar-refractivity contribution in [3.8, 4) is 0 Å². The van der Waals surface area contributed by atoms with Crippen LogP contribution in [0.2, 0.25) is 0 Å². The van der Waals surface area contributed by atoms with Crippen molar-refractivity contribution in [2.24, 2.45) is 5.92 Å². The van der Waals surface area contributed by atoms with Gasteiger partial charge in [-0.3, -0.25) is 0 Å². The Labute approximate surface area is 77.5 Å². The predicted molar refractivity (Wildman–Crippen MR) is 50.2 cm³/mol. The molecule has 1 unspecified atom stereocenters. The van der Waals surface area contributed by atoms with Gasteiger partial charge in [0.05, 0.1) is 6.04 Å². The van der Waals surface area contributed by atoms with E-state index < -0.39 is 0 Å². The Balaban J connectivity index is 2.38. The Kier molecular flexibility index (Phi) is 2.00. The van der Waals surface area contributed by atoms with Crippen molar-refractivity contribution in [3.63, 3.8) is 0 Å². The van der Waals surface area contributed by atoms with Gasteiger partial charge in [0.1, 0.15) is 0 Å². The quantitative estimate of drug-likeness (QED) is 0.681. The highest BCUT2D eigenvalue weighted by Crippen LogP contribution is 2.31. The number of nitrogens with one attached hydrogen (secondary N) is 1. The molecule has 1 aliphatic heterocycles. The van der Waals surface area contributed by atoms with Crippen molar-refractivity contribution >= 4 is 5.82 Å². The third-order valence-corrected chi connectivity index (χ3v) is 2.54. The summed E-state index contributed by atoms with van der Waals surface area (Å²) in [5.74, 6) is 1.99. The van der Waals surface area contributed by atoms with Crippen molar-refractivity contribution in [2.75, 3.05) is 12.3 Å². The van der Waals surface area contributed by atoms with Crippen LogP contribution in [0.1, 0.15) is 31.2 Å². The summed E-state index contributed by atoms with van der Waals surface area (Å²) < 4.78 is 5.22. The van der Waals surface area contributed by atoms with Crippen LogP contribution in [0.4, 0.5) is 5.82 Å². The number of anilines is 1. The SMILES string of the molecule is CC(C)C1NCCc2c(N)noc21. The Bertz CT molecular complexity index is 306. The van der Waals surface area contributed by atoms with E-state index in [4.69, 9.17) is 10.3 Å². The van der Waals surface area contributed by atoms with Gasteiger partial charge in [-0.15, -0.1) is 0 Å². The number of nitrogens with zero attached hydrogens (tertiary/aromatic N) is 1. The summed E-state index contributed by atoms with van der Waals surface area (Å²) in [6.45, 7) is 5.28. The molecule has 1 atom stereocenters. The largest absolute Gasteiger partial charge is 0.381 e. The number of hydrogen-bond acceptors (Lipinski definition) is 4. The Morgan fingerprint density at radius 2 is 2.38 bits per heavy atom. The molecule has 0 radical (unpaired) electrons. The summed E-state index contributed by atoms with van der Waals surface area (Å²) in [5, 5.41) is 7.19. The van der Waals surface area contributed by atoms with Crippen molar-refractivity contribution in [3.05, 3.63) is 11.3 Å². The van der Waals surface area contributed by atoms with Crippen molar-refractivity contribution < 1.29 is 4.52 Å². The first-order chi connectivity index (χ1) is 6.20. The molecule has 3 N–H and O–H groups in total. The highest BCUT2D eigenvalue weighted by molar-refractivity contribution is 5.43. The Morgan fingerprint density at radius 1 is 1.62 bits per heavy atom. The number of rotatable bonds is 1. The van der Waals surface area contributed by atoms with Crippen LogP contribution < -0.4 is 11.1 Å². The number of aromatic nitrogens is 1. The molecule has 0 fully saturated rings. The summed E-state index contributed by atoms with van der Waals surface area (Å²) in [6.07, 6.45) is 0.924. The molecule has 13 heavy (non-hydrogen) atoms. The minimum absolute atomic E-state index is 0.272. The maximum absolute atomic E-state index is 5.69. The fraction of sp³-hybridized carbons (Fsp3) is 0.667. The first-order valence-corrected chi connectivity index (χ1v) is 4.67. The highest BCUT2D eigenvalue weighted by atomic mass is 16.5. The zero-order valence-electron chi connectivity index (χ0n) is 8.00. The second-order valence-corrected chi connectivity index (χ2v) is 3.84. The lowest BCUT2D eigenvalue weighted by Crippen LogP contribution is -2.32. The minimum atomic E-state index is 0.272. The molecule has 0 aromatic carbocycles. The van der Waals surface area contributed by atoms with E-state index in [-0.39, 0.29) is 6.04 Å². The van der Waals surface area contributed by atoms with E-state index in [1.807, 2.05) is 0 Å². The molecule has 0 saturated heterocycles. The van der Waals surface area contributed by atoms with E-state index >= 15 is 0 Å². The van der Waals surface area contributed by atoms with Gasteiger partial charge >= 0.3 is 0 Å². The van der Waals surface area contributed by atoms with Crippen LogP contribution in [0.25, 0.3) is 0 Å². The van der Waals surface area contributed by atoms with Crippen LogP contribution in [0.3, 0.4) is 0 Å². The van der Waals surface area contributed by atoms with Gasteiger partial charge < -0.3 is 15.6 Å². The zero-order valence-corrected chi connectivity index (χ0v) is 8.00. The number of nitrogens with two attached hydrogens (primary N) is 1. The molecule has 0 saturated carbocycles. The van der Waals surface area contributed by atoms with Crippen LogP contribution in [-0.4, -0.2) is 11.7 Å². The molecule has 1 aliphatic rings. The Morgan fingerprint density at radius 3 is 3.08 bits per heavy atom. The maximum Gasteiger partial charge on any atom is 0.170 e. The number of fused-ring (bicyclic) bond motifs is 1.